The molecular weight excluding hydrogens is 716 g/mol. The van der Waals surface area contributed by atoms with E-state index in [0.717, 1.165) is 37.7 Å². The maximum atomic E-state index is 14.0. The van der Waals surface area contributed by atoms with Gasteiger partial charge in [0.25, 0.3) is 5.91 Å². The van der Waals surface area contributed by atoms with Gasteiger partial charge in [-0.05, 0) is 85.5 Å². The first-order valence-corrected chi connectivity index (χ1v) is 20.3. The van der Waals surface area contributed by atoms with Gasteiger partial charge in [0, 0.05) is 13.0 Å². The van der Waals surface area contributed by atoms with Crippen LogP contribution in [0.1, 0.15) is 130 Å². The number of hydrogen-bond donors (Lipinski definition) is 4. The molecule has 4 unspecified atom stereocenters. The number of amides is 5. The van der Waals surface area contributed by atoms with E-state index in [1.165, 1.54) is 17.7 Å². The summed E-state index contributed by atoms with van der Waals surface area (Å²) in [4.78, 5) is 93.5. The molecule has 2 aliphatic rings. The molecule has 1 aromatic carbocycles. The van der Waals surface area contributed by atoms with Crippen LogP contribution in [0.5, 0.6) is 0 Å². The van der Waals surface area contributed by atoms with Gasteiger partial charge >= 0.3 is 6.09 Å². The van der Waals surface area contributed by atoms with Crippen molar-refractivity contribution in [1.82, 2.24) is 31.1 Å². The fraction of sp³-hybridized carbons (Fsp3) is 0.690. The Morgan fingerprint density at radius 1 is 0.857 bits per heavy atom. The van der Waals surface area contributed by atoms with Crippen molar-refractivity contribution in [3.05, 3.63) is 35.9 Å². The molecule has 0 aromatic heterocycles. The zero-order valence-electron chi connectivity index (χ0n) is 35.4. The molecule has 0 spiro atoms. The summed E-state index contributed by atoms with van der Waals surface area (Å²) >= 11 is 0. The molecule has 1 saturated carbocycles. The van der Waals surface area contributed by atoms with Gasteiger partial charge in [-0.3, -0.25) is 24.0 Å². The van der Waals surface area contributed by atoms with Crippen LogP contribution >= 0.6 is 0 Å². The molecule has 2 fully saturated rings. The molecule has 4 N–H and O–H groups in total. The van der Waals surface area contributed by atoms with Gasteiger partial charge in [-0.25, -0.2) is 4.79 Å². The fourth-order valence-electron chi connectivity index (χ4n) is 6.30. The Bertz CT molecular complexity index is 1370. The smallest absolute Gasteiger partial charge is 0.408 e. The lowest BCUT2D eigenvalue weighted by Crippen LogP contribution is -2.58. The number of carbonyl (C=O) groups is 7. The first-order chi connectivity index (χ1) is 26.5. The number of Topliss-reactive ketones (excluding diaryl/α,β-unsaturated/α-hetero) is 1. The highest BCUT2D eigenvalue weighted by molar-refractivity contribution is 6.38. The molecule has 4 atom stereocenters. The van der Waals surface area contributed by atoms with Gasteiger partial charge in [0.1, 0.15) is 24.0 Å². The quantitative estimate of drug-likeness (QED) is 0.134. The lowest BCUT2D eigenvalue weighted by atomic mass is 9.83. The van der Waals surface area contributed by atoms with Gasteiger partial charge < -0.3 is 40.6 Å². The zero-order chi connectivity index (χ0) is 42.3. The van der Waals surface area contributed by atoms with Crippen LogP contribution in [0.15, 0.2) is 30.3 Å². The maximum absolute atomic E-state index is 14.0. The van der Waals surface area contributed by atoms with Crippen molar-refractivity contribution in [2.24, 2.45) is 5.92 Å². The second-order valence-corrected chi connectivity index (χ2v) is 15.9. The van der Waals surface area contributed by atoms with Gasteiger partial charge in [-0.15, -0.1) is 0 Å². The summed E-state index contributed by atoms with van der Waals surface area (Å²) in [6, 6.07) is 5.40. The highest BCUT2D eigenvalue weighted by atomic mass is 16.6. The Labute approximate surface area is 335 Å². The molecule has 1 saturated heterocycles. The zero-order valence-corrected chi connectivity index (χ0v) is 35.4. The fourth-order valence-corrected chi connectivity index (χ4v) is 6.30. The minimum atomic E-state index is -1.16. The summed E-state index contributed by atoms with van der Waals surface area (Å²) in [7, 11) is 6.00. The van der Waals surface area contributed by atoms with Crippen molar-refractivity contribution in [2.75, 3.05) is 34.2 Å². The number of benzene rings is 1. The van der Waals surface area contributed by atoms with E-state index in [1.807, 2.05) is 26.0 Å². The van der Waals surface area contributed by atoms with Crippen LogP contribution in [0.2, 0.25) is 0 Å². The highest BCUT2D eigenvalue weighted by Crippen LogP contribution is 2.30. The van der Waals surface area contributed by atoms with Gasteiger partial charge in [-0.2, -0.15) is 0 Å². The number of carbonyl (C=O) groups excluding carboxylic acids is 7. The van der Waals surface area contributed by atoms with E-state index in [9.17, 15) is 33.6 Å². The highest BCUT2D eigenvalue weighted by Gasteiger charge is 2.42. The molecule has 5 amide bonds. The number of rotatable bonds is 16. The van der Waals surface area contributed by atoms with E-state index in [4.69, 9.17) is 4.74 Å². The topological polar surface area (TPSA) is 183 Å². The molecule has 0 radical (unpaired) electrons. The summed E-state index contributed by atoms with van der Waals surface area (Å²) in [5.41, 5.74) is -0.0331. The van der Waals surface area contributed by atoms with Crippen LogP contribution in [-0.2, 0) is 33.5 Å². The third kappa shape index (κ3) is 19.0. The monoisotopic (exact) mass is 787 g/mol. The van der Waals surface area contributed by atoms with Gasteiger partial charge in [-0.1, -0.05) is 89.6 Å². The average molecular weight is 787 g/mol. The number of unbranched alkanes of at least 4 members (excludes halogenated alkanes) is 1. The van der Waals surface area contributed by atoms with E-state index in [0.29, 0.717) is 32.1 Å². The normalized spacial score (nSPS) is 17.0. The number of alkyl carbamates (subject to hydrolysis) is 1. The lowest BCUT2D eigenvalue weighted by molar-refractivity contribution is -0.143. The average Bonchev–Trinajstić information content (AvgIpc) is 3.65. The van der Waals surface area contributed by atoms with Gasteiger partial charge in [0.15, 0.2) is 0 Å². The molecule has 1 aromatic rings. The van der Waals surface area contributed by atoms with E-state index in [-0.39, 0.29) is 24.7 Å². The van der Waals surface area contributed by atoms with Crippen molar-refractivity contribution < 1.29 is 38.3 Å². The maximum Gasteiger partial charge on any atom is 0.408 e. The van der Waals surface area contributed by atoms with E-state index < -0.39 is 65.9 Å². The minimum absolute atomic E-state index is 0.0341. The summed E-state index contributed by atoms with van der Waals surface area (Å²) in [6.07, 6.45) is 8.69. The van der Waals surface area contributed by atoms with Crippen LogP contribution < -0.4 is 21.3 Å². The van der Waals surface area contributed by atoms with Gasteiger partial charge in [0.05, 0.1) is 18.6 Å². The van der Waals surface area contributed by atoms with Crippen LogP contribution in [0.3, 0.4) is 0 Å². The molecule has 316 valence electrons. The third-order valence-corrected chi connectivity index (χ3v) is 9.11. The van der Waals surface area contributed by atoms with E-state index >= 15 is 0 Å². The number of nitrogens with zero attached hydrogens (tertiary/aromatic N) is 2. The van der Waals surface area contributed by atoms with E-state index in [1.54, 1.807) is 58.0 Å². The standard InChI is InChI=1S/C35H51N5O8.C4H10.C3H9N/c1-5-13-26(30(43)32(45)36-22-28(42)37-25(19-21-41)23-14-8-6-9-15-23)38-31(44)27-18-12-20-40(27)33(46)29(24-16-10-7-11-17-24)39-34(47)48-35(2,3)4;1-3-4-2;1-4(2)3/h6,8-9,14-15,21,24-27,29H,5,7,10-13,16-20,22H2,1-4H3,(H,36,45)(H,37,42)(H,38,44)(H,39,47);3-4H2,1-2H3;1-3H3. The number of nitrogens with one attached hydrogen (secondary N) is 4. The molecule has 1 aliphatic carbocycles. The summed E-state index contributed by atoms with van der Waals surface area (Å²) < 4.78 is 5.44. The van der Waals surface area contributed by atoms with Crippen molar-refractivity contribution in [2.45, 2.75) is 148 Å². The lowest BCUT2D eigenvalue weighted by Gasteiger charge is -2.35. The molecule has 1 heterocycles. The Kier molecular flexibility index (Phi) is 23.5. The SMILES string of the molecule is CCCC.CCCC(NC(=O)C1CCCN1C(=O)C(NC(=O)OC(C)(C)C)C1CCCCC1)C(=O)C(=O)NCC(=O)NC(CC=O)c1ccccc1.CN(C)C. The number of ether oxygens (including phenoxy) is 1. The predicted octanol–water partition coefficient (Wildman–Crippen LogP) is 4.85. The Balaban J connectivity index is 0.00000178. The van der Waals surface area contributed by atoms with Crippen molar-refractivity contribution in [3.63, 3.8) is 0 Å². The molecule has 14 heteroatoms. The Hall–Kier alpha value is -4.33. The number of aldehydes is 1. The first-order valence-electron chi connectivity index (χ1n) is 20.3. The third-order valence-electron chi connectivity index (χ3n) is 9.11. The Morgan fingerprint density at radius 3 is 2.00 bits per heavy atom. The van der Waals surface area contributed by atoms with E-state index in [2.05, 4.69) is 35.1 Å². The molecule has 14 nitrogen and oxygen atoms in total. The van der Waals surface area contributed by atoms with Crippen LogP contribution in [0, 0.1) is 5.92 Å². The van der Waals surface area contributed by atoms with Crippen molar-refractivity contribution in [3.8, 4) is 0 Å². The largest absolute Gasteiger partial charge is 0.444 e. The molecule has 0 bridgehead atoms. The molecule has 3 rings (SSSR count). The molecular formula is C42H70N6O8. The summed E-state index contributed by atoms with van der Waals surface area (Å²) in [5.74, 6) is -3.55. The van der Waals surface area contributed by atoms with Crippen molar-refractivity contribution in [1.29, 1.82) is 0 Å². The summed E-state index contributed by atoms with van der Waals surface area (Å²) in [5, 5.41) is 10.5. The van der Waals surface area contributed by atoms with Crippen molar-refractivity contribution >= 4 is 41.8 Å². The summed E-state index contributed by atoms with van der Waals surface area (Å²) in [6.45, 7) is 11.2. The van der Waals surface area contributed by atoms with Crippen LogP contribution in [0.25, 0.3) is 0 Å². The van der Waals surface area contributed by atoms with Gasteiger partial charge in [0.2, 0.25) is 23.5 Å². The Morgan fingerprint density at radius 2 is 1.46 bits per heavy atom. The number of ketones is 1. The number of hydrogen-bond acceptors (Lipinski definition) is 9. The predicted molar refractivity (Wildman–Crippen MR) is 218 cm³/mol. The second-order valence-electron chi connectivity index (χ2n) is 15.9. The van der Waals surface area contributed by atoms with Crippen LogP contribution in [-0.4, -0.2) is 110 Å². The second kappa shape index (κ2) is 26.5. The number of likely N-dealkylation sites (tertiary alicyclic amines) is 1. The van der Waals surface area contributed by atoms with Crippen LogP contribution in [0.4, 0.5) is 4.79 Å². The molecule has 56 heavy (non-hydrogen) atoms. The first kappa shape index (κ1) is 49.7. The molecule has 1 aliphatic heterocycles. The minimum Gasteiger partial charge on any atom is -0.444 e.